The van der Waals surface area contributed by atoms with Crippen molar-refractivity contribution in [3.05, 3.63) is 48.2 Å². The summed E-state index contributed by atoms with van der Waals surface area (Å²) in [6, 6.07) is 12.8. The maximum Gasteiger partial charge on any atom is 0.129 e. The van der Waals surface area contributed by atoms with E-state index >= 15 is 0 Å². The molecule has 1 aliphatic rings. The van der Waals surface area contributed by atoms with E-state index in [0.29, 0.717) is 5.82 Å². The Morgan fingerprint density at radius 3 is 2.75 bits per heavy atom. The number of nitrogen functional groups attached to an aromatic ring is 1. The van der Waals surface area contributed by atoms with Crippen LogP contribution in [0.1, 0.15) is 25.3 Å². The van der Waals surface area contributed by atoms with Gasteiger partial charge in [0.2, 0.25) is 0 Å². The van der Waals surface area contributed by atoms with Crippen molar-refractivity contribution in [3.8, 4) is 11.1 Å². The zero-order valence-corrected chi connectivity index (χ0v) is 14.0. The lowest BCUT2D eigenvalue weighted by molar-refractivity contribution is 0.944. The van der Waals surface area contributed by atoms with E-state index in [2.05, 4.69) is 53.2 Å². The van der Waals surface area contributed by atoms with Crippen LogP contribution in [-0.2, 0) is 6.42 Å². The second-order valence-corrected chi connectivity index (χ2v) is 6.36. The van der Waals surface area contributed by atoms with Crippen LogP contribution in [0.2, 0.25) is 0 Å². The molecule has 0 spiro atoms. The van der Waals surface area contributed by atoms with Gasteiger partial charge in [0.25, 0.3) is 0 Å². The molecule has 2 aromatic heterocycles. The summed E-state index contributed by atoms with van der Waals surface area (Å²) in [6.45, 7) is 4.30. The van der Waals surface area contributed by atoms with Gasteiger partial charge in [-0.1, -0.05) is 25.1 Å². The van der Waals surface area contributed by atoms with Crippen molar-refractivity contribution < 1.29 is 0 Å². The minimum Gasteiger partial charge on any atom is -0.383 e. The number of nitrogens with zero attached hydrogens (tertiary/aromatic N) is 3. The molecule has 2 N–H and O–H groups in total. The quantitative estimate of drug-likeness (QED) is 0.792. The normalized spacial score (nSPS) is 14.5. The van der Waals surface area contributed by atoms with Crippen LogP contribution >= 0.6 is 0 Å². The second kappa shape index (κ2) is 6.11. The number of rotatable bonds is 3. The SMILES string of the molecule is CCc1cc(-c2cccc3ccc(N4CCCC4)nc23)cnc1N. The van der Waals surface area contributed by atoms with Crippen LogP contribution in [-0.4, -0.2) is 23.1 Å². The first-order valence-electron chi connectivity index (χ1n) is 8.66. The molecule has 4 heteroatoms. The molecule has 122 valence electrons. The highest BCUT2D eigenvalue weighted by Crippen LogP contribution is 2.30. The maximum absolute atomic E-state index is 5.96. The highest BCUT2D eigenvalue weighted by Gasteiger charge is 2.15. The van der Waals surface area contributed by atoms with Gasteiger partial charge in [0.1, 0.15) is 11.6 Å². The molecule has 0 amide bonds. The molecule has 4 rings (SSSR count). The number of hydrogen-bond acceptors (Lipinski definition) is 4. The third-order valence-electron chi connectivity index (χ3n) is 4.83. The highest BCUT2D eigenvalue weighted by atomic mass is 15.2. The number of fused-ring (bicyclic) bond motifs is 1. The Morgan fingerprint density at radius 2 is 1.96 bits per heavy atom. The lowest BCUT2D eigenvalue weighted by atomic mass is 10.0. The zero-order chi connectivity index (χ0) is 16.5. The Labute approximate surface area is 142 Å². The van der Waals surface area contributed by atoms with Gasteiger partial charge in [-0.3, -0.25) is 0 Å². The highest BCUT2D eigenvalue weighted by molar-refractivity contribution is 5.94. The minimum atomic E-state index is 0.618. The van der Waals surface area contributed by atoms with E-state index in [9.17, 15) is 0 Å². The predicted molar refractivity (Wildman–Crippen MR) is 100 cm³/mol. The van der Waals surface area contributed by atoms with E-state index in [1.807, 2.05) is 6.20 Å². The van der Waals surface area contributed by atoms with E-state index in [1.165, 1.54) is 12.8 Å². The van der Waals surface area contributed by atoms with Crippen molar-refractivity contribution in [1.29, 1.82) is 0 Å². The van der Waals surface area contributed by atoms with Gasteiger partial charge in [-0.15, -0.1) is 0 Å². The molecular formula is C20H22N4. The lowest BCUT2D eigenvalue weighted by Gasteiger charge is -2.17. The Hall–Kier alpha value is -2.62. The van der Waals surface area contributed by atoms with E-state index in [0.717, 1.165) is 52.9 Å². The smallest absolute Gasteiger partial charge is 0.129 e. The molecule has 24 heavy (non-hydrogen) atoms. The number of para-hydroxylation sites is 1. The van der Waals surface area contributed by atoms with Gasteiger partial charge in [-0.05, 0) is 43.0 Å². The summed E-state index contributed by atoms with van der Waals surface area (Å²) in [5.74, 6) is 1.69. The minimum absolute atomic E-state index is 0.618. The predicted octanol–water partition coefficient (Wildman–Crippen LogP) is 4.04. The van der Waals surface area contributed by atoms with Crippen LogP contribution < -0.4 is 10.6 Å². The number of pyridine rings is 2. The summed E-state index contributed by atoms with van der Waals surface area (Å²) in [7, 11) is 0. The molecule has 3 heterocycles. The first-order chi connectivity index (χ1) is 11.8. The van der Waals surface area contributed by atoms with Crippen LogP contribution in [0, 0.1) is 0 Å². The van der Waals surface area contributed by atoms with Crippen molar-refractivity contribution in [2.75, 3.05) is 23.7 Å². The van der Waals surface area contributed by atoms with Crippen LogP contribution in [0.5, 0.6) is 0 Å². The van der Waals surface area contributed by atoms with Gasteiger partial charge in [-0.25, -0.2) is 9.97 Å². The van der Waals surface area contributed by atoms with E-state index in [4.69, 9.17) is 10.7 Å². The summed E-state index contributed by atoms with van der Waals surface area (Å²) in [5.41, 5.74) is 10.3. The average Bonchev–Trinajstić information content (AvgIpc) is 3.16. The van der Waals surface area contributed by atoms with Gasteiger partial charge in [0, 0.05) is 35.8 Å². The average molecular weight is 318 g/mol. The van der Waals surface area contributed by atoms with Crippen LogP contribution in [0.25, 0.3) is 22.0 Å². The Bertz CT molecular complexity index is 882. The number of hydrogen-bond donors (Lipinski definition) is 1. The monoisotopic (exact) mass is 318 g/mol. The summed E-state index contributed by atoms with van der Waals surface area (Å²) in [5, 5.41) is 1.16. The van der Waals surface area contributed by atoms with Crippen LogP contribution in [0.3, 0.4) is 0 Å². The third kappa shape index (κ3) is 2.58. The topological polar surface area (TPSA) is 55.0 Å². The first-order valence-corrected chi connectivity index (χ1v) is 8.66. The lowest BCUT2D eigenvalue weighted by Crippen LogP contribution is -2.18. The molecule has 1 aromatic carbocycles. The molecule has 3 aromatic rings. The largest absolute Gasteiger partial charge is 0.383 e. The Morgan fingerprint density at radius 1 is 1.12 bits per heavy atom. The molecule has 0 unspecified atom stereocenters. The number of benzene rings is 1. The number of aromatic nitrogens is 2. The summed E-state index contributed by atoms with van der Waals surface area (Å²) < 4.78 is 0. The number of anilines is 2. The van der Waals surface area contributed by atoms with Crippen molar-refractivity contribution in [2.24, 2.45) is 0 Å². The van der Waals surface area contributed by atoms with E-state index in [-0.39, 0.29) is 0 Å². The molecule has 1 aliphatic heterocycles. The second-order valence-electron chi connectivity index (χ2n) is 6.36. The molecule has 0 atom stereocenters. The van der Waals surface area contributed by atoms with Gasteiger partial charge in [0.05, 0.1) is 5.52 Å². The zero-order valence-electron chi connectivity index (χ0n) is 14.0. The van der Waals surface area contributed by atoms with Crippen LogP contribution in [0.4, 0.5) is 11.6 Å². The van der Waals surface area contributed by atoms with Crippen molar-refractivity contribution in [1.82, 2.24) is 9.97 Å². The van der Waals surface area contributed by atoms with Crippen molar-refractivity contribution in [3.63, 3.8) is 0 Å². The molecule has 1 fully saturated rings. The van der Waals surface area contributed by atoms with Crippen molar-refractivity contribution in [2.45, 2.75) is 26.2 Å². The number of nitrogens with two attached hydrogens (primary N) is 1. The fourth-order valence-corrected chi connectivity index (χ4v) is 3.44. The van der Waals surface area contributed by atoms with Gasteiger partial charge in [-0.2, -0.15) is 0 Å². The summed E-state index contributed by atoms with van der Waals surface area (Å²) >= 11 is 0. The molecule has 0 bridgehead atoms. The van der Waals surface area contributed by atoms with Crippen LogP contribution in [0.15, 0.2) is 42.6 Å². The molecule has 0 saturated carbocycles. The molecular weight excluding hydrogens is 296 g/mol. The standard InChI is InChI=1S/C20H22N4/c1-2-14-12-16(13-22-20(14)21)17-7-5-6-15-8-9-18(23-19(15)17)24-10-3-4-11-24/h5-9,12-13H,2-4,10-11H2,1H3,(H2,21,22). The molecule has 1 saturated heterocycles. The fourth-order valence-electron chi connectivity index (χ4n) is 3.44. The Kier molecular flexibility index (Phi) is 3.81. The third-order valence-corrected chi connectivity index (χ3v) is 4.83. The maximum atomic E-state index is 5.96. The fraction of sp³-hybridized carbons (Fsp3) is 0.300. The molecule has 0 aliphatic carbocycles. The van der Waals surface area contributed by atoms with Gasteiger partial charge >= 0.3 is 0 Å². The molecule has 4 nitrogen and oxygen atoms in total. The van der Waals surface area contributed by atoms with Gasteiger partial charge < -0.3 is 10.6 Å². The Balaban J connectivity index is 1.86. The molecule has 0 radical (unpaired) electrons. The number of aryl methyl sites for hydroxylation is 1. The summed E-state index contributed by atoms with van der Waals surface area (Å²) in [6.07, 6.45) is 5.24. The van der Waals surface area contributed by atoms with E-state index < -0.39 is 0 Å². The van der Waals surface area contributed by atoms with E-state index in [1.54, 1.807) is 0 Å². The van der Waals surface area contributed by atoms with Gasteiger partial charge in [0.15, 0.2) is 0 Å². The first kappa shape index (κ1) is 14.9. The van der Waals surface area contributed by atoms with Crippen molar-refractivity contribution >= 4 is 22.5 Å². The summed E-state index contributed by atoms with van der Waals surface area (Å²) in [4.78, 5) is 11.7.